The molecule has 38 heavy (non-hydrogen) atoms. The summed E-state index contributed by atoms with van der Waals surface area (Å²) in [5.74, 6) is 1.88. The molecule has 7 rings (SSSR count). The molecule has 11 heteroatoms. The maximum atomic E-state index is 12.9. The number of carbonyl (C=O) groups is 1. The van der Waals surface area contributed by atoms with E-state index in [9.17, 15) is 4.79 Å². The van der Waals surface area contributed by atoms with E-state index in [2.05, 4.69) is 20.1 Å². The van der Waals surface area contributed by atoms with Crippen LogP contribution in [0.15, 0.2) is 36.7 Å². The van der Waals surface area contributed by atoms with Crippen LogP contribution in [0.2, 0.25) is 5.02 Å². The fourth-order valence-electron chi connectivity index (χ4n) is 6.32. The van der Waals surface area contributed by atoms with Crippen LogP contribution in [0.5, 0.6) is 5.75 Å². The Morgan fingerprint density at radius 3 is 2.87 bits per heavy atom. The zero-order valence-electron chi connectivity index (χ0n) is 20.9. The second kappa shape index (κ2) is 8.64. The van der Waals surface area contributed by atoms with E-state index in [1.54, 1.807) is 24.4 Å². The predicted octanol–water partition coefficient (Wildman–Crippen LogP) is 3.86. The van der Waals surface area contributed by atoms with Crippen molar-refractivity contribution < 1.29 is 9.53 Å². The van der Waals surface area contributed by atoms with Gasteiger partial charge in [-0.25, -0.2) is 9.97 Å². The van der Waals surface area contributed by atoms with Crippen LogP contribution in [-0.4, -0.2) is 51.3 Å². The van der Waals surface area contributed by atoms with Crippen LogP contribution in [-0.2, 0) is 17.6 Å². The number of pyridine rings is 1. The Labute approximate surface area is 224 Å². The van der Waals surface area contributed by atoms with Gasteiger partial charge in [0.25, 0.3) is 0 Å². The molecule has 10 nitrogen and oxygen atoms in total. The minimum atomic E-state index is -0.0611. The summed E-state index contributed by atoms with van der Waals surface area (Å²) in [7, 11) is 1.63. The van der Waals surface area contributed by atoms with Gasteiger partial charge in [0, 0.05) is 38.2 Å². The third-order valence-corrected chi connectivity index (χ3v) is 8.71. The minimum Gasteiger partial charge on any atom is -0.495 e. The highest BCUT2D eigenvalue weighted by Gasteiger charge is 2.46. The van der Waals surface area contributed by atoms with Crippen LogP contribution in [0, 0.1) is 5.41 Å². The number of benzene rings is 1. The lowest BCUT2D eigenvalue weighted by Gasteiger charge is -2.42. The molecule has 4 aromatic rings. The van der Waals surface area contributed by atoms with Crippen LogP contribution in [0.25, 0.3) is 11.2 Å². The zero-order chi connectivity index (χ0) is 26.0. The van der Waals surface area contributed by atoms with E-state index in [-0.39, 0.29) is 17.4 Å². The van der Waals surface area contributed by atoms with Crippen LogP contribution in [0.3, 0.4) is 0 Å². The molecule has 1 aromatic carbocycles. The number of carbonyl (C=O) groups excluding carboxylic acids is 1. The summed E-state index contributed by atoms with van der Waals surface area (Å²) in [6, 6.07) is 7.66. The van der Waals surface area contributed by atoms with Gasteiger partial charge in [-0.1, -0.05) is 11.6 Å². The molecule has 1 saturated heterocycles. The number of anilines is 3. The molecule has 3 aliphatic rings. The number of hydrogen-bond donors (Lipinski definition) is 2. The van der Waals surface area contributed by atoms with E-state index in [0.29, 0.717) is 40.6 Å². The van der Waals surface area contributed by atoms with Crippen LogP contribution < -0.4 is 20.3 Å². The standard InChI is InChI=1S/C27H27ClN8O2/c1-38-20-12-16-15(11-17(20)28)13-27(24(16)29)6-9-35(10-7-27)21-14-31-23-25(32-21)33-34-26(23)36-19-3-2-8-30-18(19)4-5-22(36)37/h2-3,8,11-12,14,24H,4-7,9-10,13,29H2,1H3,(H,32,33,34)/t24-/m1/s1. The number of piperidine rings is 1. The highest BCUT2D eigenvalue weighted by Crippen LogP contribution is 2.52. The topological polar surface area (TPSA) is 126 Å². The number of halogens is 1. The molecule has 2 aliphatic heterocycles. The van der Waals surface area contributed by atoms with Crippen molar-refractivity contribution >= 4 is 46.0 Å². The number of nitrogens with one attached hydrogen (secondary N) is 1. The van der Waals surface area contributed by atoms with Crippen molar-refractivity contribution in [3.63, 3.8) is 0 Å². The Hall–Kier alpha value is -3.76. The van der Waals surface area contributed by atoms with Gasteiger partial charge in [0.15, 0.2) is 17.0 Å². The Morgan fingerprint density at radius 2 is 2.05 bits per heavy atom. The maximum Gasteiger partial charge on any atom is 0.233 e. The van der Waals surface area contributed by atoms with Crippen LogP contribution in [0.4, 0.5) is 17.3 Å². The first-order valence-corrected chi connectivity index (χ1v) is 13.2. The average Bonchev–Trinajstić information content (AvgIpc) is 3.46. The number of fused-ring (bicyclic) bond motifs is 3. The average molecular weight is 531 g/mol. The molecule has 1 fully saturated rings. The Kier molecular flexibility index (Phi) is 5.31. The van der Waals surface area contributed by atoms with Crippen molar-refractivity contribution in [3.8, 4) is 5.75 Å². The lowest BCUT2D eigenvalue weighted by atomic mass is 9.73. The first kappa shape index (κ1) is 23.4. The van der Waals surface area contributed by atoms with E-state index in [1.807, 2.05) is 24.3 Å². The van der Waals surface area contributed by atoms with E-state index in [0.717, 1.165) is 55.1 Å². The van der Waals surface area contributed by atoms with Crippen molar-refractivity contribution in [3.05, 3.63) is 58.5 Å². The van der Waals surface area contributed by atoms with Crippen molar-refractivity contribution in [1.29, 1.82) is 0 Å². The smallest absolute Gasteiger partial charge is 0.233 e. The highest BCUT2D eigenvalue weighted by atomic mass is 35.5. The van der Waals surface area contributed by atoms with E-state index < -0.39 is 0 Å². The van der Waals surface area contributed by atoms with Crippen molar-refractivity contribution in [2.45, 2.75) is 38.1 Å². The summed E-state index contributed by atoms with van der Waals surface area (Å²) in [6.45, 7) is 1.63. The number of nitrogens with zero attached hydrogens (tertiary/aromatic N) is 6. The lowest BCUT2D eigenvalue weighted by molar-refractivity contribution is -0.118. The van der Waals surface area contributed by atoms with Gasteiger partial charge >= 0.3 is 0 Å². The molecule has 3 N–H and O–H groups in total. The number of ether oxygens (including phenoxy) is 1. The number of hydrogen-bond acceptors (Lipinski definition) is 8. The molecule has 1 amide bonds. The third-order valence-electron chi connectivity index (χ3n) is 8.42. The largest absolute Gasteiger partial charge is 0.495 e. The molecule has 5 heterocycles. The van der Waals surface area contributed by atoms with Gasteiger partial charge in [-0.15, -0.1) is 0 Å². The Balaban J connectivity index is 1.13. The third kappa shape index (κ3) is 3.47. The number of nitrogens with two attached hydrogens (primary N) is 1. The summed E-state index contributed by atoms with van der Waals surface area (Å²) in [5.41, 5.74) is 11.9. The van der Waals surface area contributed by atoms with Crippen molar-refractivity contribution in [2.75, 3.05) is 30.0 Å². The number of aromatic nitrogens is 5. The molecular weight excluding hydrogens is 504 g/mol. The zero-order valence-corrected chi connectivity index (χ0v) is 21.7. The number of rotatable bonds is 3. The fraction of sp³-hybridized carbons (Fsp3) is 0.370. The molecule has 0 saturated carbocycles. The quantitative estimate of drug-likeness (QED) is 0.409. The summed E-state index contributed by atoms with van der Waals surface area (Å²) in [5, 5.41) is 8.06. The van der Waals surface area contributed by atoms with Gasteiger partial charge in [-0.2, -0.15) is 5.10 Å². The number of methoxy groups -OCH3 is 1. The van der Waals surface area contributed by atoms with Gasteiger partial charge in [0.1, 0.15) is 11.6 Å². The number of aryl methyl sites for hydroxylation is 1. The molecular formula is C27H27ClN8O2. The molecule has 0 radical (unpaired) electrons. The van der Waals surface area contributed by atoms with E-state index in [4.69, 9.17) is 32.0 Å². The normalized spacial score (nSPS) is 20.2. The van der Waals surface area contributed by atoms with Gasteiger partial charge in [0.05, 0.1) is 29.7 Å². The minimum absolute atomic E-state index is 0.0107. The van der Waals surface area contributed by atoms with Gasteiger partial charge in [0.2, 0.25) is 5.91 Å². The first-order chi connectivity index (χ1) is 18.5. The SMILES string of the molecule is COc1cc2c(cc1Cl)CC1(CCN(c3cnc4c(N5C(=O)CCc6ncccc65)n[nH]c4n3)CC1)[C@@H]2N. The molecule has 0 unspecified atom stereocenters. The predicted molar refractivity (Wildman–Crippen MR) is 144 cm³/mol. The van der Waals surface area contributed by atoms with Crippen LogP contribution >= 0.6 is 11.6 Å². The molecule has 194 valence electrons. The number of H-pyrrole nitrogens is 1. The fourth-order valence-corrected chi connectivity index (χ4v) is 6.58. The van der Waals surface area contributed by atoms with Gasteiger partial charge in [-0.05, 0) is 60.1 Å². The van der Waals surface area contributed by atoms with E-state index >= 15 is 0 Å². The lowest BCUT2D eigenvalue weighted by Crippen LogP contribution is -2.44. The van der Waals surface area contributed by atoms with Crippen LogP contribution in [0.1, 0.15) is 42.1 Å². The maximum absolute atomic E-state index is 12.9. The Morgan fingerprint density at radius 1 is 1.21 bits per heavy atom. The summed E-state index contributed by atoms with van der Waals surface area (Å²) >= 11 is 6.40. The van der Waals surface area contributed by atoms with Gasteiger partial charge < -0.3 is 15.4 Å². The van der Waals surface area contributed by atoms with Crippen molar-refractivity contribution in [1.82, 2.24) is 25.1 Å². The molecule has 0 bridgehead atoms. The highest BCUT2D eigenvalue weighted by molar-refractivity contribution is 6.32. The molecule has 1 aliphatic carbocycles. The second-order valence-corrected chi connectivity index (χ2v) is 10.8. The summed E-state index contributed by atoms with van der Waals surface area (Å²) < 4.78 is 5.42. The Bertz CT molecular complexity index is 1580. The van der Waals surface area contributed by atoms with Gasteiger partial charge in [-0.3, -0.25) is 19.8 Å². The van der Waals surface area contributed by atoms with E-state index in [1.165, 1.54) is 5.56 Å². The summed E-state index contributed by atoms with van der Waals surface area (Å²) in [6.07, 6.45) is 7.29. The second-order valence-electron chi connectivity index (χ2n) is 10.4. The van der Waals surface area contributed by atoms with Crippen molar-refractivity contribution in [2.24, 2.45) is 11.1 Å². The number of amides is 1. The molecule has 1 atom stereocenters. The first-order valence-electron chi connectivity index (χ1n) is 12.8. The molecule has 1 spiro atoms. The summed E-state index contributed by atoms with van der Waals surface area (Å²) in [4.78, 5) is 30.7. The number of aromatic amines is 1. The molecule has 3 aromatic heterocycles. The monoisotopic (exact) mass is 530 g/mol.